The summed E-state index contributed by atoms with van der Waals surface area (Å²) in [6, 6.07) is 16.1. The molecule has 0 spiro atoms. The molecule has 0 bridgehead atoms. The van der Waals surface area contributed by atoms with E-state index in [4.69, 9.17) is 9.47 Å². The number of allylic oxidation sites excluding steroid dienone is 1. The van der Waals surface area contributed by atoms with Crippen LogP contribution in [0.3, 0.4) is 0 Å². The van der Waals surface area contributed by atoms with Crippen LogP contribution in [0.5, 0.6) is 11.5 Å². The summed E-state index contributed by atoms with van der Waals surface area (Å²) in [5.41, 5.74) is 2.18. The normalized spacial score (nSPS) is 13.9. The molecular formula is C17H16O2. The van der Waals surface area contributed by atoms with Gasteiger partial charge < -0.3 is 9.47 Å². The van der Waals surface area contributed by atoms with Crippen LogP contribution in [-0.2, 0) is 4.74 Å². The Balaban J connectivity index is 2.01. The molecule has 0 aliphatic carbocycles. The third kappa shape index (κ3) is 2.27. The number of hydrogen-bond acceptors (Lipinski definition) is 2. The van der Waals surface area contributed by atoms with E-state index in [1.807, 2.05) is 55.5 Å². The summed E-state index contributed by atoms with van der Waals surface area (Å²) in [5, 5.41) is 0. The van der Waals surface area contributed by atoms with Crippen LogP contribution in [0.25, 0.3) is 0 Å². The molecule has 1 aliphatic heterocycles. The maximum absolute atomic E-state index is 6.01. The van der Waals surface area contributed by atoms with Crippen molar-refractivity contribution in [2.24, 2.45) is 0 Å². The monoisotopic (exact) mass is 252 g/mol. The van der Waals surface area contributed by atoms with E-state index in [9.17, 15) is 0 Å². The highest BCUT2D eigenvalue weighted by atomic mass is 16.5. The van der Waals surface area contributed by atoms with E-state index < -0.39 is 0 Å². The van der Waals surface area contributed by atoms with E-state index in [0.29, 0.717) is 6.61 Å². The second kappa shape index (κ2) is 5.29. The average molecular weight is 252 g/mol. The van der Waals surface area contributed by atoms with Gasteiger partial charge in [0.25, 0.3) is 0 Å². The van der Waals surface area contributed by atoms with Crippen molar-refractivity contribution >= 4 is 0 Å². The maximum atomic E-state index is 6.01. The summed E-state index contributed by atoms with van der Waals surface area (Å²) in [7, 11) is 0. The van der Waals surface area contributed by atoms with Gasteiger partial charge in [-0.25, -0.2) is 0 Å². The maximum Gasteiger partial charge on any atom is 0.133 e. The van der Waals surface area contributed by atoms with Crippen molar-refractivity contribution in [3.8, 4) is 11.5 Å². The van der Waals surface area contributed by atoms with Crippen LogP contribution >= 0.6 is 0 Å². The molecule has 96 valence electrons. The van der Waals surface area contributed by atoms with Gasteiger partial charge in [-0.1, -0.05) is 48.6 Å². The van der Waals surface area contributed by atoms with E-state index in [0.717, 1.165) is 22.6 Å². The lowest BCUT2D eigenvalue weighted by Gasteiger charge is -2.27. The number of ether oxygens (including phenoxy) is 2. The average Bonchev–Trinajstić information content (AvgIpc) is 2.46. The highest BCUT2D eigenvalue weighted by Gasteiger charge is 2.26. The van der Waals surface area contributed by atoms with Crippen molar-refractivity contribution in [3.63, 3.8) is 0 Å². The minimum atomic E-state index is -0.0580. The van der Waals surface area contributed by atoms with Crippen LogP contribution in [0.15, 0.2) is 60.7 Å². The van der Waals surface area contributed by atoms with Crippen molar-refractivity contribution in [3.05, 3.63) is 71.8 Å². The Morgan fingerprint density at radius 3 is 2.16 bits per heavy atom. The number of para-hydroxylation sites is 2. The quantitative estimate of drug-likeness (QED) is 0.750. The van der Waals surface area contributed by atoms with Crippen LogP contribution in [0.1, 0.15) is 24.2 Å². The Morgan fingerprint density at radius 2 is 1.58 bits per heavy atom. The van der Waals surface area contributed by atoms with Crippen molar-refractivity contribution in [2.75, 3.05) is 6.61 Å². The fourth-order valence-electron chi connectivity index (χ4n) is 2.29. The summed E-state index contributed by atoms with van der Waals surface area (Å²) in [5.74, 6) is 1.76. The zero-order chi connectivity index (χ0) is 13.1. The topological polar surface area (TPSA) is 18.5 Å². The van der Waals surface area contributed by atoms with Gasteiger partial charge >= 0.3 is 0 Å². The van der Waals surface area contributed by atoms with Crippen LogP contribution in [-0.4, -0.2) is 6.61 Å². The van der Waals surface area contributed by atoms with Crippen molar-refractivity contribution in [2.45, 2.75) is 13.0 Å². The van der Waals surface area contributed by atoms with Crippen LogP contribution in [0, 0.1) is 0 Å². The number of rotatable bonds is 3. The fourth-order valence-corrected chi connectivity index (χ4v) is 2.29. The van der Waals surface area contributed by atoms with Crippen LogP contribution in [0.4, 0.5) is 0 Å². The number of fused-ring (bicyclic) bond motifs is 2. The Hall–Kier alpha value is -2.06. The van der Waals surface area contributed by atoms with Gasteiger partial charge in [0.2, 0.25) is 0 Å². The molecule has 0 amide bonds. The molecule has 2 aromatic rings. The van der Waals surface area contributed by atoms with Gasteiger partial charge in [-0.05, 0) is 19.1 Å². The highest BCUT2D eigenvalue weighted by molar-refractivity contribution is 5.51. The van der Waals surface area contributed by atoms with Crippen LogP contribution < -0.4 is 4.74 Å². The van der Waals surface area contributed by atoms with Gasteiger partial charge in [-0.3, -0.25) is 0 Å². The predicted molar refractivity (Wildman–Crippen MR) is 75.6 cm³/mol. The molecule has 1 aliphatic rings. The zero-order valence-corrected chi connectivity index (χ0v) is 10.9. The Bertz CT molecular complexity index is 556. The van der Waals surface area contributed by atoms with E-state index in [1.165, 1.54) is 0 Å². The molecule has 2 aromatic carbocycles. The molecule has 2 heteroatoms. The molecule has 0 fully saturated rings. The van der Waals surface area contributed by atoms with Gasteiger partial charge in [0.05, 0.1) is 6.61 Å². The molecule has 0 saturated heterocycles. The third-order valence-electron chi connectivity index (χ3n) is 3.22. The molecule has 0 radical (unpaired) electrons. The summed E-state index contributed by atoms with van der Waals surface area (Å²) >= 11 is 0. The minimum absolute atomic E-state index is 0.0580. The molecule has 0 saturated carbocycles. The van der Waals surface area contributed by atoms with Gasteiger partial charge in [-0.2, -0.15) is 0 Å². The first-order valence-corrected chi connectivity index (χ1v) is 6.48. The summed E-state index contributed by atoms with van der Waals surface area (Å²) in [6.07, 6.45) is 3.95. The van der Waals surface area contributed by atoms with Gasteiger partial charge in [0.1, 0.15) is 17.6 Å². The first kappa shape index (κ1) is 12.0. The van der Waals surface area contributed by atoms with Gasteiger partial charge in [0, 0.05) is 11.1 Å². The first-order valence-electron chi connectivity index (χ1n) is 6.48. The van der Waals surface area contributed by atoms with E-state index in [1.54, 1.807) is 0 Å². The predicted octanol–water partition coefficient (Wildman–Crippen LogP) is 4.47. The Kier molecular flexibility index (Phi) is 3.34. The molecule has 0 N–H and O–H groups in total. The lowest BCUT2D eigenvalue weighted by atomic mass is 9.97. The molecule has 0 atom stereocenters. The SMILES string of the molecule is CC=CCOC1c2ccccc2Oc2ccccc21. The second-order valence-electron chi connectivity index (χ2n) is 4.46. The summed E-state index contributed by atoms with van der Waals surface area (Å²) in [6.45, 7) is 2.60. The molecule has 0 aromatic heterocycles. The second-order valence-corrected chi connectivity index (χ2v) is 4.46. The summed E-state index contributed by atoms with van der Waals surface area (Å²) in [4.78, 5) is 0. The molecule has 0 unspecified atom stereocenters. The van der Waals surface area contributed by atoms with E-state index in [2.05, 4.69) is 12.1 Å². The minimum Gasteiger partial charge on any atom is -0.457 e. The van der Waals surface area contributed by atoms with Crippen molar-refractivity contribution in [1.82, 2.24) is 0 Å². The lowest BCUT2D eigenvalue weighted by molar-refractivity contribution is 0.0960. The molecular weight excluding hydrogens is 236 g/mol. The van der Waals surface area contributed by atoms with Crippen molar-refractivity contribution in [1.29, 1.82) is 0 Å². The van der Waals surface area contributed by atoms with Crippen LogP contribution in [0.2, 0.25) is 0 Å². The molecule has 3 rings (SSSR count). The molecule has 2 nitrogen and oxygen atoms in total. The van der Waals surface area contributed by atoms with E-state index in [-0.39, 0.29) is 6.10 Å². The first-order chi connectivity index (χ1) is 9.40. The lowest BCUT2D eigenvalue weighted by Crippen LogP contribution is -2.13. The standard InChI is InChI=1S/C17H16O2/c1-2-3-12-18-17-13-8-4-6-10-15(13)19-16-11-7-5-9-14(16)17/h2-11,17H,12H2,1H3. The zero-order valence-electron chi connectivity index (χ0n) is 10.9. The summed E-state index contributed by atoms with van der Waals surface area (Å²) < 4.78 is 11.9. The van der Waals surface area contributed by atoms with E-state index >= 15 is 0 Å². The highest BCUT2D eigenvalue weighted by Crippen LogP contribution is 2.44. The fraction of sp³-hybridized carbons (Fsp3) is 0.176. The smallest absolute Gasteiger partial charge is 0.133 e. The largest absolute Gasteiger partial charge is 0.457 e. The number of hydrogen-bond donors (Lipinski definition) is 0. The Morgan fingerprint density at radius 1 is 1.00 bits per heavy atom. The Labute approximate surface area is 113 Å². The van der Waals surface area contributed by atoms with Gasteiger partial charge in [-0.15, -0.1) is 0 Å². The number of benzene rings is 2. The molecule has 19 heavy (non-hydrogen) atoms. The third-order valence-corrected chi connectivity index (χ3v) is 3.22. The molecule has 1 heterocycles. The van der Waals surface area contributed by atoms with Crippen molar-refractivity contribution < 1.29 is 9.47 Å². The van der Waals surface area contributed by atoms with Gasteiger partial charge in [0.15, 0.2) is 0 Å².